The van der Waals surface area contributed by atoms with E-state index in [9.17, 15) is 9.59 Å². The summed E-state index contributed by atoms with van der Waals surface area (Å²) in [5.74, 6) is -0.699. The first kappa shape index (κ1) is 16.3. The minimum atomic E-state index is -0.354. The lowest BCUT2D eigenvalue weighted by Crippen LogP contribution is -2.32. The Morgan fingerprint density at radius 2 is 1.73 bits per heavy atom. The number of carbonyl (C=O) groups excluding carboxylic acids is 2. The van der Waals surface area contributed by atoms with Gasteiger partial charge >= 0.3 is 0 Å². The van der Waals surface area contributed by atoms with E-state index in [4.69, 9.17) is 23.2 Å². The zero-order chi connectivity index (χ0) is 16.1. The summed E-state index contributed by atoms with van der Waals surface area (Å²) in [6.45, 7) is 1.76. The molecule has 0 atom stereocenters. The number of rotatable bonds is 4. The Balaban J connectivity index is 1.89. The average Bonchev–Trinajstić information content (AvgIpc) is 2.48. The minimum absolute atomic E-state index is 0.147. The molecular formula is C16H14Cl2N2O2. The predicted molar refractivity (Wildman–Crippen MR) is 88.6 cm³/mol. The molecule has 0 aromatic heterocycles. The van der Waals surface area contributed by atoms with Crippen molar-refractivity contribution in [1.82, 2.24) is 5.32 Å². The first-order valence-electron chi connectivity index (χ1n) is 6.55. The van der Waals surface area contributed by atoms with Gasteiger partial charge in [0.2, 0.25) is 5.91 Å². The van der Waals surface area contributed by atoms with Crippen LogP contribution < -0.4 is 10.6 Å². The molecule has 0 radical (unpaired) electrons. The number of amides is 2. The van der Waals surface area contributed by atoms with Crippen molar-refractivity contribution in [2.24, 2.45) is 0 Å². The zero-order valence-corrected chi connectivity index (χ0v) is 13.3. The van der Waals surface area contributed by atoms with Crippen LogP contribution in [-0.2, 0) is 4.79 Å². The summed E-state index contributed by atoms with van der Waals surface area (Å²) in [6.07, 6.45) is 0. The molecule has 2 N–H and O–H groups in total. The van der Waals surface area contributed by atoms with Crippen LogP contribution in [0.2, 0.25) is 10.0 Å². The van der Waals surface area contributed by atoms with Gasteiger partial charge in [-0.15, -0.1) is 0 Å². The molecule has 0 heterocycles. The molecule has 2 rings (SSSR count). The fourth-order valence-electron chi connectivity index (χ4n) is 1.78. The summed E-state index contributed by atoms with van der Waals surface area (Å²) < 4.78 is 0. The first-order valence-corrected chi connectivity index (χ1v) is 7.31. The van der Waals surface area contributed by atoms with Gasteiger partial charge in [-0.1, -0.05) is 29.3 Å². The third-order valence-electron chi connectivity index (χ3n) is 2.91. The summed E-state index contributed by atoms with van der Waals surface area (Å²) in [5.41, 5.74) is 1.95. The number of hydrogen-bond acceptors (Lipinski definition) is 2. The van der Waals surface area contributed by atoms with E-state index in [0.717, 1.165) is 5.56 Å². The number of halogens is 2. The third kappa shape index (κ3) is 4.48. The van der Waals surface area contributed by atoms with Crippen LogP contribution in [0.4, 0.5) is 5.69 Å². The Morgan fingerprint density at radius 1 is 1.05 bits per heavy atom. The second kappa shape index (κ2) is 7.29. The fourth-order valence-corrected chi connectivity index (χ4v) is 2.19. The van der Waals surface area contributed by atoms with Crippen molar-refractivity contribution in [3.8, 4) is 0 Å². The Labute approximate surface area is 138 Å². The van der Waals surface area contributed by atoms with Crippen LogP contribution in [0.15, 0.2) is 42.5 Å². The zero-order valence-electron chi connectivity index (χ0n) is 11.8. The molecule has 0 aliphatic rings. The highest BCUT2D eigenvalue weighted by Crippen LogP contribution is 2.22. The van der Waals surface area contributed by atoms with Gasteiger partial charge in [0.05, 0.1) is 17.3 Å². The fraction of sp³-hybridized carbons (Fsp3) is 0.125. The minimum Gasteiger partial charge on any atom is -0.343 e. The van der Waals surface area contributed by atoms with E-state index in [0.29, 0.717) is 21.3 Å². The Kier molecular flexibility index (Phi) is 5.41. The highest BCUT2D eigenvalue weighted by atomic mass is 35.5. The van der Waals surface area contributed by atoms with Crippen LogP contribution in [0.5, 0.6) is 0 Å². The molecule has 2 aromatic carbocycles. The van der Waals surface area contributed by atoms with Gasteiger partial charge in [-0.25, -0.2) is 0 Å². The highest BCUT2D eigenvalue weighted by Gasteiger charge is 2.09. The first-order chi connectivity index (χ1) is 10.5. The molecule has 2 amide bonds. The Bertz CT molecular complexity index is 700. The van der Waals surface area contributed by atoms with Gasteiger partial charge in [-0.2, -0.15) is 0 Å². The number of carbonyl (C=O) groups is 2. The molecule has 0 saturated carbocycles. The molecular weight excluding hydrogens is 323 g/mol. The normalized spacial score (nSPS) is 10.1. The van der Waals surface area contributed by atoms with Crippen LogP contribution in [0.25, 0.3) is 0 Å². The van der Waals surface area contributed by atoms with E-state index < -0.39 is 0 Å². The average molecular weight is 337 g/mol. The molecule has 0 fully saturated rings. The van der Waals surface area contributed by atoms with Crippen LogP contribution in [0.1, 0.15) is 15.9 Å². The summed E-state index contributed by atoms with van der Waals surface area (Å²) in [7, 11) is 0. The molecule has 6 heteroatoms. The molecule has 0 aliphatic carbocycles. The Hall–Kier alpha value is -2.04. The van der Waals surface area contributed by atoms with Crippen LogP contribution in [-0.4, -0.2) is 18.4 Å². The van der Waals surface area contributed by atoms with Gasteiger partial charge in [0, 0.05) is 10.6 Å². The van der Waals surface area contributed by atoms with Crippen LogP contribution >= 0.6 is 23.2 Å². The molecule has 0 spiro atoms. The van der Waals surface area contributed by atoms with Gasteiger partial charge in [-0.05, 0) is 48.9 Å². The number of nitrogens with one attached hydrogen (secondary N) is 2. The van der Waals surface area contributed by atoms with Gasteiger partial charge in [0.25, 0.3) is 5.91 Å². The predicted octanol–water partition coefficient (Wildman–Crippen LogP) is 3.67. The molecule has 4 nitrogen and oxygen atoms in total. The van der Waals surface area contributed by atoms with Gasteiger partial charge in [0.15, 0.2) is 0 Å². The van der Waals surface area contributed by atoms with E-state index in [-0.39, 0.29) is 18.4 Å². The molecule has 0 unspecified atom stereocenters. The lowest BCUT2D eigenvalue weighted by molar-refractivity contribution is -0.115. The number of aryl methyl sites for hydroxylation is 1. The van der Waals surface area contributed by atoms with Crippen LogP contribution in [0.3, 0.4) is 0 Å². The smallest absolute Gasteiger partial charge is 0.251 e. The molecule has 22 heavy (non-hydrogen) atoms. The molecule has 114 valence electrons. The topological polar surface area (TPSA) is 58.2 Å². The SMILES string of the molecule is Cc1ccc(NC(=O)CNC(=O)c2ccc(Cl)cc2)c(Cl)c1. The molecule has 2 aromatic rings. The van der Waals surface area contributed by atoms with Crippen molar-refractivity contribution in [2.75, 3.05) is 11.9 Å². The standard InChI is InChI=1S/C16H14Cl2N2O2/c1-10-2-7-14(13(18)8-10)20-15(21)9-19-16(22)11-3-5-12(17)6-4-11/h2-8H,9H2,1H3,(H,19,22)(H,20,21). The van der Waals surface area contributed by atoms with Gasteiger partial charge in [0.1, 0.15) is 0 Å². The van der Waals surface area contributed by atoms with Crippen LogP contribution in [0, 0.1) is 6.92 Å². The number of anilines is 1. The highest BCUT2D eigenvalue weighted by molar-refractivity contribution is 6.33. The Morgan fingerprint density at radius 3 is 2.36 bits per heavy atom. The van der Waals surface area contributed by atoms with E-state index in [1.165, 1.54) is 0 Å². The molecule has 0 saturated heterocycles. The van der Waals surface area contributed by atoms with Crippen molar-refractivity contribution in [2.45, 2.75) is 6.92 Å². The summed E-state index contributed by atoms with van der Waals surface area (Å²) in [4.78, 5) is 23.7. The summed E-state index contributed by atoms with van der Waals surface area (Å²) >= 11 is 11.8. The van der Waals surface area contributed by atoms with Gasteiger partial charge in [-0.3, -0.25) is 9.59 Å². The second-order valence-corrected chi connectivity index (χ2v) is 5.56. The van der Waals surface area contributed by atoms with E-state index in [2.05, 4.69) is 10.6 Å². The van der Waals surface area contributed by atoms with E-state index >= 15 is 0 Å². The van der Waals surface area contributed by atoms with Crippen molar-refractivity contribution in [3.63, 3.8) is 0 Å². The van der Waals surface area contributed by atoms with Gasteiger partial charge < -0.3 is 10.6 Å². The second-order valence-electron chi connectivity index (χ2n) is 4.72. The van der Waals surface area contributed by atoms with E-state index in [1.807, 2.05) is 13.0 Å². The lowest BCUT2D eigenvalue weighted by Gasteiger charge is -2.09. The molecule has 0 aliphatic heterocycles. The maximum atomic E-state index is 11.9. The molecule has 0 bridgehead atoms. The number of hydrogen-bond donors (Lipinski definition) is 2. The third-order valence-corrected chi connectivity index (χ3v) is 3.48. The summed E-state index contributed by atoms with van der Waals surface area (Å²) in [5, 5.41) is 6.18. The maximum Gasteiger partial charge on any atom is 0.251 e. The van der Waals surface area contributed by atoms with Crippen molar-refractivity contribution in [1.29, 1.82) is 0 Å². The lowest BCUT2D eigenvalue weighted by atomic mass is 10.2. The van der Waals surface area contributed by atoms with E-state index in [1.54, 1.807) is 36.4 Å². The monoisotopic (exact) mass is 336 g/mol. The maximum absolute atomic E-state index is 11.9. The number of benzene rings is 2. The van der Waals surface area contributed by atoms with Crippen molar-refractivity contribution >= 4 is 40.7 Å². The largest absolute Gasteiger partial charge is 0.343 e. The summed E-state index contributed by atoms with van der Waals surface area (Å²) in [6, 6.07) is 11.7. The van der Waals surface area contributed by atoms with Crippen molar-refractivity contribution < 1.29 is 9.59 Å². The van der Waals surface area contributed by atoms with Crippen molar-refractivity contribution in [3.05, 3.63) is 63.6 Å². The quantitative estimate of drug-likeness (QED) is 0.894.